The van der Waals surface area contributed by atoms with Gasteiger partial charge in [-0.15, -0.1) is 0 Å². The Balaban J connectivity index is 2.09. The Bertz CT molecular complexity index is 1050. The maximum atomic E-state index is 13.3. The highest BCUT2D eigenvalue weighted by atomic mass is 79.9. The predicted octanol–water partition coefficient (Wildman–Crippen LogP) is 2.44. The maximum absolute atomic E-state index is 13.3. The van der Waals surface area contributed by atoms with Gasteiger partial charge in [0.25, 0.3) is 5.91 Å². The molecule has 2 aromatic carbocycles. The largest absolute Gasteiger partial charge is 0.467 e. The Morgan fingerprint density at radius 2 is 1.86 bits per heavy atom. The highest BCUT2D eigenvalue weighted by Gasteiger charge is 2.39. The molecule has 0 saturated carbocycles. The van der Waals surface area contributed by atoms with Crippen LogP contribution in [0.25, 0.3) is 0 Å². The summed E-state index contributed by atoms with van der Waals surface area (Å²) < 4.78 is 31.4. The van der Waals surface area contributed by atoms with Gasteiger partial charge in [0, 0.05) is 36.2 Å². The number of anilines is 1. The van der Waals surface area contributed by atoms with Gasteiger partial charge in [-0.05, 0) is 45.8 Å². The summed E-state index contributed by atoms with van der Waals surface area (Å²) in [6, 6.07) is 10.8. The number of para-hydroxylation sites is 1. The maximum Gasteiger partial charge on any atom is 0.329 e. The molecule has 0 saturated heterocycles. The van der Waals surface area contributed by atoms with Gasteiger partial charge in [0.2, 0.25) is 10.0 Å². The lowest BCUT2D eigenvalue weighted by molar-refractivity contribution is -0.141. The van der Waals surface area contributed by atoms with Gasteiger partial charge >= 0.3 is 5.97 Å². The van der Waals surface area contributed by atoms with Crippen LogP contribution in [0.1, 0.15) is 15.9 Å². The third-order valence-electron chi connectivity index (χ3n) is 4.60. The van der Waals surface area contributed by atoms with Gasteiger partial charge in [-0.1, -0.05) is 18.2 Å². The molecule has 3 rings (SSSR count). The third kappa shape index (κ3) is 3.45. The Morgan fingerprint density at radius 3 is 2.50 bits per heavy atom. The summed E-state index contributed by atoms with van der Waals surface area (Å²) in [7, 11) is 0.349. The number of ether oxygens (including phenoxy) is 1. The molecule has 1 unspecified atom stereocenters. The number of benzene rings is 2. The number of methoxy groups -OCH3 is 1. The molecule has 1 aliphatic heterocycles. The first-order valence-corrected chi connectivity index (χ1v) is 10.6. The molecule has 1 atom stereocenters. The van der Waals surface area contributed by atoms with E-state index < -0.39 is 27.9 Å². The number of halogens is 1. The average molecular weight is 467 g/mol. The highest BCUT2D eigenvalue weighted by Crippen LogP contribution is 2.35. The molecule has 28 heavy (non-hydrogen) atoms. The summed E-state index contributed by atoms with van der Waals surface area (Å²) >= 11 is 3.23. The van der Waals surface area contributed by atoms with Crippen molar-refractivity contribution in [1.82, 2.24) is 4.31 Å². The molecule has 0 spiro atoms. The van der Waals surface area contributed by atoms with Crippen LogP contribution in [0.3, 0.4) is 0 Å². The van der Waals surface area contributed by atoms with E-state index in [1.165, 1.54) is 44.3 Å². The van der Waals surface area contributed by atoms with Crippen LogP contribution >= 0.6 is 15.9 Å². The summed E-state index contributed by atoms with van der Waals surface area (Å²) in [5.74, 6) is -0.995. The van der Waals surface area contributed by atoms with Crippen molar-refractivity contribution >= 4 is 43.5 Å². The Kier molecular flexibility index (Phi) is 5.60. The summed E-state index contributed by atoms with van der Waals surface area (Å²) in [6.45, 7) is 0. The van der Waals surface area contributed by atoms with Crippen molar-refractivity contribution in [3.05, 3.63) is 58.1 Å². The first kappa shape index (κ1) is 20.5. The van der Waals surface area contributed by atoms with Gasteiger partial charge in [0.1, 0.15) is 6.04 Å². The number of hydrogen-bond donors (Lipinski definition) is 0. The summed E-state index contributed by atoms with van der Waals surface area (Å²) in [5, 5.41) is 0. The molecule has 0 aromatic heterocycles. The number of hydrogen-bond acceptors (Lipinski definition) is 5. The van der Waals surface area contributed by atoms with Crippen LogP contribution in [0.4, 0.5) is 5.69 Å². The smallest absolute Gasteiger partial charge is 0.329 e. The topological polar surface area (TPSA) is 84.0 Å². The van der Waals surface area contributed by atoms with Crippen LogP contribution in [-0.2, 0) is 26.0 Å². The van der Waals surface area contributed by atoms with E-state index in [9.17, 15) is 18.0 Å². The van der Waals surface area contributed by atoms with Crippen molar-refractivity contribution in [2.75, 3.05) is 26.1 Å². The standard InChI is InChI=1S/C19H19BrN2O5S/c1-21(2)28(25,26)17-11-13(8-9-14(17)20)18(23)22-15-7-5-4-6-12(15)10-16(22)19(24)27-3/h4-9,11,16H,10H2,1-3H3. The third-order valence-corrected chi connectivity index (χ3v) is 7.41. The zero-order valence-corrected chi connectivity index (χ0v) is 18.0. The van der Waals surface area contributed by atoms with Gasteiger partial charge < -0.3 is 4.74 Å². The molecule has 1 aliphatic rings. The van der Waals surface area contributed by atoms with Crippen molar-refractivity contribution < 1.29 is 22.7 Å². The fourth-order valence-corrected chi connectivity index (χ4v) is 4.98. The van der Waals surface area contributed by atoms with E-state index in [2.05, 4.69) is 15.9 Å². The lowest BCUT2D eigenvalue weighted by Crippen LogP contribution is -2.43. The van der Waals surface area contributed by atoms with Crippen LogP contribution in [0, 0.1) is 0 Å². The van der Waals surface area contributed by atoms with E-state index in [0.29, 0.717) is 16.6 Å². The highest BCUT2D eigenvalue weighted by molar-refractivity contribution is 9.10. The van der Waals surface area contributed by atoms with Crippen LogP contribution in [0.5, 0.6) is 0 Å². The van der Waals surface area contributed by atoms with Crippen LogP contribution < -0.4 is 4.90 Å². The summed E-state index contributed by atoms with van der Waals surface area (Å²) in [4.78, 5) is 26.9. The number of fused-ring (bicyclic) bond motifs is 1. The number of esters is 1. The zero-order valence-electron chi connectivity index (χ0n) is 15.5. The predicted molar refractivity (Wildman–Crippen MR) is 108 cm³/mol. The van der Waals surface area contributed by atoms with Crippen molar-refractivity contribution in [3.63, 3.8) is 0 Å². The molecule has 7 nitrogen and oxygen atoms in total. The van der Waals surface area contributed by atoms with E-state index in [-0.39, 0.29) is 10.5 Å². The second kappa shape index (κ2) is 7.65. The van der Waals surface area contributed by atoms with E-state index >= 15 is 0 Å². The number of nitrogens with zero attached hydrogens (tertiary/aromatic N) is 2. The van der Waals surface area contributed by atoms with Crippen molar-refractivity contribution in [1.29, 1.82) is 0 Å². The molecule has 1 amide bonds. The van der Waals surface area contributed by atoms with Crippen molar-refractivity contribution in [3.8, 4) is 0 Å². The monoisotopic (exact) mass is 466 g/mol. The van der Waals surface area contributed by atoms with Gasteiger partial charge in [0.05, 0.1) is 12.0 Å². The first-order chi connectivity index (χ1) is 13.2. The lowest BCUT2D eigenvalue weighted by Gasteiger charge is -2.24. The van der Waals surface area contributed by atoms with E-state index in [1.54, 1.807) is 12.1 Å². The first-order valence-electron chi connectivity index (χ1n) is 8.40. The number of rotatable bonds is 4. The van der Waals surface area contributed by atoms with Gasteiger partial charge in [0.15, 0.2) is 0 Å². The molecule has 2 aromatic rings. The van der Waals surface area contributed by atoms with Gasteiger partial charge in [-0.2, -0.15) is 0 Å². The molecule has 0 bridgehead atoms. The van der Waals surface area contributed by atoms with E-state index in [4.69, 9.17) is 4.74 Å². The van der Waals surface area contributed by atoms with E-state index in [0.717, 1.165) is 9.87 Å². The molecule has 148 valence electrons. The Morgan fingerprint density at radius 1 is 1.18 bits per heavy atom. The summed E-state index contributed by atoms with van der Waals surface area (Å²) in [6.07, 6.45) is 0.341. The minimum absolute atomic E-state index is 0.0227. The molecular weight excluding hydrogens is 448 g/mol. The number of carbonyl (C=O) groups is 2. The van der Waals surface area contributed by atoms with Gasteiger partial charge in [-0.3, -0.25) is 9.69 Å². The van der Waals surface area contributed by atoms with Crippen LogP contribution in [0.15, 0.2) is 51.8 Å². The fourth-order valence-electron chi connectivity index (χ4n) is 3.13. The fraction of sp³-hybridized carbons (Fsp3) is 0.263. The number of sulfonamides is 1. The van der Waals surface area contributed by atoms with Crippen molar-refractivity contribution in [2.45, 2.75) is 17.4 Å². The molecule has 1 heterocycles. The van der Waals surface area contributed by atoms with Gasteiger partial charge in [-0.25, -0.2) is 17.5 Å². The Hall–Kier alpha value is -2.23. The Labute approximate surface area is 172 Å². The molecule has 0 N–H and O–H groups in total. The minimum Gasteiger partial charge on any atom is -0.467 e. The lowest BCUT2D eigenvalue weighted by atomic mass is 10.1. The molecular formula is C19H19BrN2O5S. The molecule has 9 heteroatoms. The SMILES string of the molecule is COC(=O)C1Cc2ccccc2N1C(=O)c1ccc(Br)c(S(=O)(=O)N(C)C)c1. The van der Waals surface area contributed by atoms with E-state index in [1.807, 2.05) is 12.1 Å². The normalized spacial score (nSPS) is 16.2. The number of carbonyl (C=O) groups excluding carboxylic acids is 2. The summed E-state index contributed by atoms with van der Waals surface area (Å²) in [5.41, 5.74) is 1.63. The minimum atomic E-state index is -3.76. The number of amides is 1. The van der Waals surface area contributed by atoms with Crippen LogP contribution in [0.2, 0.25) is 0 Å². The second-order valence-corrected chi connectivity index (χ2v) is 9.45. The van der Waals surface area contributed by atoms with Crippen molar-refractivity contribution in [2.24, 2.45) is 0 Å². The molecule has 0 radical (unpaired) electrons. The average Bonchev–Trinajstić information content (AvgIpc) is 3.06. The second-order valence-electron chi connectivity index (χ2n) is 6.48. The quantitative estimate of drug-likeness (QED) is 0.646. The molecule has 0 aliphatic carbocycles. The zero-order chi connectivity index (χ0) is 20.6. The molecule has 0 fully saturated rings. The van der Waals surface area contributed by atoms with Crippen LogP contribution in [-0.4, -0.2) is 51.8 Å².